The van der Waals surface area contributed by atoms with E-state index in [2.05, 4.69) is 46.6 Å². The molecular formula is C10H16N6. The molecule has 0 saturated heterocycles. The van der Waals surface area contributed by atoms with E-state index < -0.39 is 0 Å². The van der Waals surface area contributed by atoms with Crippen molar-refractivity contribution < 1.29 is 0 Å². The number of anilines is 1. The molecule has 0 saturated carbocycles. The first-order valence-corrected chi connectivity index (χ1v) is 5.51. The maximum Gasteiger partial charge on any atom is 0.199 e. The molecule has 1 N–H and O–H groups in total. The Kier molecular flexibility index (Phi) is 2.98. The minimum Gasteiger partial charge on any atom is -0.366 e. The number of aromatic nitrogens is 5. The van der Waals surface area contributed by atoms with E-state index in [0.717, 1.165) is 12.2 Å². The minimum absolute atomic E-state index is 0.400. The number of tetrazole rings is 1. The van der Waals surface area contributed by atoms with Crippen molar-refractivity contribution in [3.8, 4) is 0 Å². The lowest BCUT2D eigenvalue weighted by Crippen LogP contribution is -2.26. The van der Waals surface area contributed by atoms with Gasteiger partial charge in [-0.25, -0.2) is 0 Å². The van der Waals surface area contributed by atoms with Gasteiger partial charge in [-0.2, -0.15) is 4.52 Å². The zero-order valence-corrected chi connectivity index (χ0v) is 9.75. The largest absolute Gasteiger partial charge is 0.366 e. The molecule has 6 nitrogen and oxygen atoms in total. The van der Waals surface area contributed by atoms with Gasteiger partial charge in [0.2, 0.25) is 0 Å². The van der Waals surface area contributed by atoms with Gasteiger partial charge >= 0.3 is 0 Å². The normalized spacial score (nSPS) is 13.2. The van der Waals surface area contributed by atoms with E-state index in [1.165, 1.54) is 0 Å². The first kappa shape index (κ1) is 10.8. The van der Waals surface area contributed by atoms with Crippen molar-refractivity contribution in [2.45, 2.75) is 33.2 Å². The van der Waals surface area contributed by atoms with Crippen LogP contribution in [0.1, 0.15) is 27.2 Å². The van der Waals surface area contributed by atoms with E-state index in [9.17, 15) is 0 Å². The van der Waals surface area contributed by atoms with Crippen molar-refractivity contribution in [3.05, 3.63) is 12.4 Å². The predicted molar refractivity (Wildman–Crippen MR) is 61.1 cm³/mol. The molecule has 1 atom stereocenters. The molecule has 6 heteroatoms. The standard InChI is InChI=1S/C10H16N6/c1-4-8(7(2)3)12-9-5-11-6-10-13-14-15-16(9)10/h5-8,12H,4H2,1-3H3. The highest BCUT2D eigenvalue weighted by molar-refractivity contribution is 5.44. The summed E-state index contributed by atoms with van der Waals surface area (Å²) in [5.41, 5.74) is 0.656. The van der Waals surface area contributed by atoms with Crippen molar-refractivity contribution in [1.29, 1.82) is 0 Å². The van der Waals surface area contributed by atoms with Gasteiger partial charge in [0.15, 0.2) is 11.5 Å². The topological polar surface area (TPSA) is 68.0 Å². The number of hydrogen-bond donors (Lipinski definition) is 1. The molecule has 0 amide bonds. The molecule has 86 valence electrons. The quantitative estimate of drug-likeness (QED) is 0.842. The molecule has 0 bridgehead atoms. The van der Waals surface area contributed by atoms with Crippen molar-refractivity contribution in [1.82, 2.24) is 25.0 Å². The zero-order chi connectivity index (χ0) is 11.5. The maximum absolute atomic E-state index is 4.11. The molecular weight excluding hydrogens is 204 g/mol. The van der Waals surface area contributed by atoms with E-state index in [-0.39, 0.29) is 0 Å². The molecule has 0 radical (unpaired) electrons. The summed E-state index contributed by atoms with van der Waals surface area (Å²) in [6.07, 6.45) is 4.44. The van der Waals surface area contributed by atoms with Crippen molar-refractivity contribution in [2.75, 3.05) is 5.32 Å². The molecule has 0 aromatic carbocycles. The summed E-state index contributed by atoms with van der Waals surface area (Å²) in [4.78, 5) is 4.11. The van der Waals surface area contributed by atoms with Crippen LogP contribution in [-0.2, 0) is 0 Å². The molecule has 0 fully saturated rings. The van der Waals surface area contributed by atoms with Gasteiger partial charge in [-0.3, -0.25) is 4.98 Å². The Morgan fingerprint density at radius 3 is 2.88 bits per heavy atom. The van der Waals surface area contributed by atoms with Gasteiger partial charge in [-0.05, 0) is 22.8 Å². The van der Waals surface area contributed by atoms with E-state index in [0.29, 0.717) is 17.6 Å². The second kappa shape index (κ2) is 4.42. The van der Waals surface area contributed by atoms with Gasteiger partial charge in [-0.15, -0.1) is 5.10 Å². The van der Waals surface area contributed by atoms with Crippen LogP contribution in [-0.4, -0.2) is 31.1 Å². The number of hydrogen-bond acceptors (Lipinski definition) is 5. The minimum atomic E-state index is 0.400. The summed E-state index contributed by atoms with van der Waals surface area (Å²) < 4.78 is 1.66. The third-order valence-electron chi connectivity index (χ3n) is 2.69. The lowest BCUT2D eigenvalue weighted by Gasteiger charge is -2.21. The molecule has 0 aliphatic heterocycles. The third-order valence-corrected chi connectivity index (χ3v) is 2.69. The molecule has 2 rings (SSSR count). The van der Waals surface area contributed by atoms with Gasteiger partial charge in [0, 0.05) is 6.04 Å². The Balaban J connectivity index is 2.29. The van der Waals surface area contributed by atoms with Crippen LogP contribution in [0.3, 0.4) is 0 Å². The monoisotopic (exact) mass is 220 g/mol. The summed E-state index contributed by atoms with van der Waals surface area (Å²) in [6.45, 7) is 6.54. The Hall–Kier alpha value is -1.72. The molecule has 0 spiro atoms. The lowest BCUT2D eigenvalue weighted by molar-refractivity contribution is 0.508. The number of fused-ring (bicyclic) bond motifs is 1. The summed E-state index contributed by atoms with van der Waals surface area (Å²) in [5.74, 6) is 1.39. The van der Waals surface area contributed by atoms with Crippen LogP contribution in [0, 0.1) is 5.92 Å². The van der Waals surface area contributed by atoms with Crippen LogP contribution >= 0.6 is 0 Å². The molecule has 1 unspecified atom stereocenters. The zero-order valence-electron chi connectivity index (χ0n) is 9.75. The first-order chi connectivity index (χ1) is 7.72. The molecule has 0 aliphatic carbocycles. The Bertz CT molecular complexity index is 463. The van der Waals surface area contributed by atoms with Crippen molar-refractivity contribution in [3.63, 3.8) is 0 Å². The van der Waals surface area contributed by atoms with Crippen LogP contribution in [0.25, 0.3) is 5.65 Å². The predicted octanol–water partition coefficient (Wildman–Crippen LogP) is 1.37. The fourth-order valence-corrected chi connectivity index (χ4v) is 1.70. The Morgan fingerprint density at radius 1 is 1.38 bits per heavy atom. The molecule has 16 heavy (non-hydrogen) atoms. The highest BCUT2D eigenvalue weighted by Crippen LogP contribution is 2.14. The van der Waals surface area contributed by atoms with Crippen molar-refractivity contribution in [2.24, 2.45) is 5.92 Å². The molecule has 2 heterocycles. The third kappa shape index (κ3) is 1.95. The summed E-state index contributed by atoms with van der Waals surface area (Å²) in [5, 5.41) is 14.8. The number of nitrogens with one attached hydrogen (secondary N) is 1. The molecule has 2 aromatic heterocycles. The fourth-order valence-electron chi connectivity index (χ4n) is 1.70. The SMILES string of the molecule is CCC(Nc1cncc2nnnn12)C(C)C. The second-order valence-corrected chi connectivity index (χ2v) is 4.14. The summed E-state index contributed by atoms with van der Waals surface area (Å²) >= 11 is 0. The van der Waals surface area contributed by atoms with Crippen LogP contribution in [0.4, 0.5) is 5.82 Å². The van der Waals surface area contributed by atoms with Gasteiger partial charge in [0.05, 0.1) is 12.4 Å². The van der Waals surface area contributed by atoms with Crippen LogP contribution in [0.5, 0.6) is 0 Å². The second-order valence-electron chi connectivity index (χ2n) is 4.14. The Labute approximate surface area is 94.1 Å². The van der Waals surface area contributed by atoms with Gasteiger partial charge in [-0.1, -0.05) is 20.8 Å². The van der Waals surface area contributed by atoms with E-state index in [1.54, 1.807) is 16.9 Å². The average Bonchev–Trinajstić information content (AvgIpc) is 2.73. The van der Waals surface area contributed by atoms with Gasteiger partial charge in [0.1, 0.15) is 0 Å². The van der Waals surface area contributed by atoms with Crippen LogP contribution in [0.2, 0.25) is 0 Å². The number of nitrogens with zero attached hydrogens (tertiary/aromatic N) is 5. The van der Waals surface area contributed by atoms with Crippen LogP contribution in [0.15, 0.2) is 12.4 Å². The van der Waals surface area contributed by atoms with Gasteiger partial charge in [0.25, 0.3) is 0 Å². The summed E-state index contributed by atoms with van der Waals surface area (Å²) in [6, 6.07) is 0.400. The summed E-state index contributed by atoms with van der Waals surface area (Å²) in [7, 11) is 0. The highest BCUT2D eigenvalue weighted by Gasteiger charge is 2.13. The maximum atomic E-state index is 4.11. The molecule has 0 aliphatic rings. The van der Waals surface area contributed by atoms with E-state index >= 15 is 0 Å². The number of rotatable bonds is 4. The average molecular weight is 220 g/mol. The first-order valence-electron chi connectivity index (χ1n) is 5.51. The van der Waals surface area contributed by atoms with Crippen molar-refractivity contribution >= 4 is 11.5 Å². The van der Waals surface area contributed by atoms with Gasteiger partial charge < -0.3 is 5.32 Å². The Morgan fingerprint density at radius 2 is 2.19 bits per heavy atom. The van der Waals surface area contributed by atoms with Crippen LogP contribution < -0.4 is 5.32 Å². The fraction of sp³-hybridized carbons (Fsp3) is 0.600. The smallest absolute Gasteiger partial charge is 0.199 e. The highest BCUT2D eigenvalue weighted by atomic mass is 15.5. The van der Waals surface area contributed by atoms with E-state index in [4.69, 9.17) is 0 Å². The molecule has 2 aromatic rings. The van der Waals surface area contributed by atoms with E-state index in [1.807, 2.05) is 0 Å². The lowest BCUT2D eigenvalue weighted by atomic mass is 10.0.